The van der Waals surface area contributed by atoms with Crippen molar-refractivity contribution in [2.75, 3.05) is 0 Å². The van der Waals surface area contributed by atoms with Crippen LogP contribution in [0.1, 0.15) is 21.8 Å². The first-order valence-electron chi connectivity index (χ1n) is 0.993. The minimum absolute atomic E-state index is 0. The normalized spacial score (nSPS) is 4.17. The predicted molar refractivity (Wildman–Crippen MR) is 28.3 cm³/mol. The van der Waals surface area contributed by atoms with Crippen molar-refractivity contribution in [3.63, 3.8) is 0 Å². The van der Waals surface area contributed by atoms with Crippen LogP contribution in [0.4, 0.5) is 0 Å². The molecule has 0 saturated heterocycles. The van der Waals surface area contributed by atoms with Gasteiger partial charge in [0.05, 0.1) is 0 Å². The molecule has 6 heavy (non-hydrogen) atoms. The molecule has 0 aliphatic carbocycles. The summed E-state index contributed by atoms with van der Waals surface area (Å²) in [6, 6.07) is 0. The third-order valence-electron chi connectivity index (χ3n) is 0. The fourth-order valence-corrected chi connectivity index (χ4v) is 0. The van der Waals surface area contributed by atoms with Crippen LogP contribution < -0.4 is 5.73 Å². The molecule has 0 heterocycles. The Balaban J connectivity index is -0.0000000450. The number of carbonyl (C=O) groups excluding carboxylic acids is 1. The maximum atomic E-state index is 9.22. The maximum absolute atomic E-state index is 9.22. The van der Waals surface area contributed by atoms with Crippen LogP contribution in [-0.2, 0) is 4.79 Å². The third-order valence-corrected chi connectivity index (χ3v) is 0. The van der Waals surface area contributed by atoms with E-state index in [1.54, 1.807) is 0 Å². The molecular weight excluding hydrogens is 78.0 g/mol. The third kappa shape index (κ3) is 75.4. The second kappa shape index (κ2) is 8.82. The van der Waals surface area contributed by atoms with E-state index in [0.29, 0.717) is 0 Å². The summed E-state index contributed by atoms with van der Waals surface area (Å²) in [5, 5.41) is 0. The van der Waals surface area contributed by atoms with E-state index in [0.717, 1.165) is 0 Å². The molecule has 0 atom stereocenters. The molecule has 0 aliphatic rings. The van der Waals surface area contributed by atoms with Gasteiger partial charge in [0.1, 0.15) is 0 Å². The molecule has 0 aliphatic heterocycles. The molecule has 1 amide bonds. The van der Waals surface area contributed by atoms with Crippen LogP contribution in [0.25, 0.3) is 0 Å². The van der Waals surface area contributed by atoms with E-state index < -0.39 is 0 Å². The Morgan fingerprint density at radius 2 is 1.50 bits per heavy atom. The van der Waals surface area contributed by atoms with Gasteiger partial charge in [0.2, 0.25) is 5.91 Å². The Labute approximate surface area is 39.3 Å². The van der Waals surface area contributed by atoms with E-state index in [-0.39, 0.29) is 20.8 Å². The van der Waals surface area contributed by atoms with Crippen LogP contribution in [0.2, 0.25) is 0 Å². The Kier molecular flexibility index (Phi) is 26.3. The summed E-state index contributed by atoms with van der Waals surface area (Å²) in [5.41, 5.74) is 4.47. The van der Waals surface area contributed by atoms with Crippen LogP contribution in [0.3, 0.4) is 0 Å². The highest BCUT2D eigenvalue weighted by Crippen LogP contribution is 1.33. The average Bonchev–Trinajstić information content (AvgIpc) is 0.811. The molecule has 0 spiro atoms. The monoisotopic (exact) mass is 91.1 g/mol. The molecule has 0 unspecified atom stereocenters. The van der Waals surface area contributed by atoms with E-state index in [9.17, 15) is 4.79 Å². The molecule has 0 saturated carbocycles. The highest BCUT2D eigenvalue weighted by atomic mass is 16.1. The summed E-state index contributed by atoms with van der Waals surface area (Å²) in [5.74, 6) is -0.333. The van der Waals surface area contributed by atoms with Gasteiger partial charge in [0, 0.05) is 6.92 Å². The fraction of sp³-hybridized carbons (Fsp3) is 0.750. The van der Waals surface area contributed by atoms with Crippen molar-refractivity contribution in [2.24, 2.45) is 5.73 Å². The molecule has 0 aromatic carbocycles. The van der Waals surface area contributed by atoms with Crippen molar-refractivity contribution in [3.05, 3.63) is 0 Å². The molecule has 0 aromatic heterocycles. The van der Waals surface area contributed by atoms with Crippen molar-refractivity contribution in [1.29, 1.82) is 0 Å². The summed E-state index contributed by atoms with van der Waals surface area (Å²) in [6.45, 7) is 1.31. The van der Waals surface area contributed by atoms with Gasteiger partial charge in [-0.15, -0.1) is 0 Å². The molecule has 0 bridgehead atoms. The Morgan fingerprint density at radius 1 is 1.50 bits per heavy atom. The first-order chi connectivity index (χ1) is 1.73. The first kappa shape index (κ1) is 17.9. The van der Waals surface area contributed by atoms with E-state index in [1.165, 1.54) is 6.92 Å². The minimum Gasteiger partial charge on any atom is -0.370 e. The largest absolute Gasteiger partial charge is 0.370 e. The SMILES string of the molecule is C.C.CC(N)=O. The molecule has 2 N–H and O–H groups in total. The summed E-state index contributed by atoms with van der Waals surface area (Å²) >= 11 is 0. The van der Waals surface area contributed by atoms with Crippen LogP contribution in [0.5, 0.6) is 0 Å². The standard InChI is InChI=1S/C2H5NO.2CH4/c1-2(3)4;;/h1H3,(H2,3,4);2*1H4. The van der Waals surface area contributed by atoms with Gasteiger partial charge in [-0.25, -0.2) is 0 Å². The molecule has 40 valence electrons. The Bertz CT molecular complexity index is 30.5. The molecule has 0 aromatic rings. The number of hydrogen-bond donors (Lipinski definition) is 1. The molecule has 0 rings (SSSR count). The summed E-state index contributed by atoms with van der Waals surface area (Å²) in [4.78, 5) is 9.22. The quantitative estimate of drug-likeness (QED) is 0.470. The van der Waals surface area contributed by atoms with E-state index in [1.807, 2.05) is 0 Å². The zero-order chi connectivity index (χ0) is 3.58. The number of primary amides is 1. The lowest BCUT2D eigenvalue weighted by atomic mass is 10.8. The molecule has 0 radical (unpaired) electrons. The molecular formula is C4H13NO. The molecule has 0 fully saturated rings. The maximum Gasteiger partial charge on any atom is 0.214 e. The zero-order valence-corrected chi connectivity index (χ0v) is 2.49. The lowest BCUT2D eigenvalue weighted by Gasteiger charge is -1.60. The van der Waals surface area contributed by atoms with Crippen molar-refractivity contribution in [3.8, 4) is 0 Å². The van der Waals surface area contributed by atoms with E-state index in [4.69, 9.17) is 0 Å². The fourth-order valence-electron chi connectivity index (χ4n) is 0. The number of amides is 1. The second-order valence-corrected chi connectivity index (χ2v) is 0.611. The Hall–Kier alpha value is -0.530. The highest BCUT2D eigenvalue weighted by molar-refractivity contribution is 5.70. The van der Waals surface area contributed by atoms with Gasteiger partial charge < -0.3 is 5.73 Å². The first-order valence-corrected chi connectivity index (χ1v) is 0.993. The summed E-state index contributed by atoms with van der Waals surface area (Å²) in [7, 11) is 0. The van der Waals surface area contributed by atoms with Crippen molar-refractivity contribution < 1.29 is 4.79 Å². The average molecular weight is 91.2 g/mol. The van der Waals surface area contributed by atoms with Crippen molar-refractivity contribution in [1.82, 2.24) is 0 Å². The van der Waals surface area contributed by atoms with Gasteiger partial charge in [-0.3, -0.25) is 4.79 Å². The Morgan fingerprint density at radius 3 is 1.50 bits per heavy atom. The van der Waals surface area contributed by atoms with Gasteiger partial charge in [-0.2, -0.15) is 0 Å². The zero-order valence-electron chi connectivity index (χ0n) is 2.49. The van der Waals surface area contributed by atoms with Crippen LogP contribution in [0, 0.1) is 0 Å². The topological polar surface area (TPSA) is 43.1 Å². The smallest absolute Gasteiger partial charge is 0.214 e. The van der Waals surface area contributed by atoms with Gasteiger partial charge in [0.25, 0.3) is 0 Å². The van der Waals surface area contributed by atoms with Gasteiger partial charge in [0.15, 0.2) is 0 Å². The number of nitrogens with two attached hydrogens (primary N) is 1. The molecule has 2 nitrogen and oxygen atoms in total. The van der Waals surface area contributed by atoms with Crippen molar-refractivity contribution >= 4 is 5.91 Å². The number of rotatable bonds is 0. The van der Waals surface area contributed by atoms with Gasteiger partial charge >= 0.3 is 0 Å². The highest BCUT2D eigenvalue weighted by Gasteiger charge is 1.61. The predicted octanol–water partition coefficient (Wildman–Crippen LogP) is 0.764. The number of carbonyl (C=O) groups is 1. The summed E-state index contributed by atoms with van der Waals surface area (Å²) in [6.07, 6.45) is 0. The summed E-state index contributed by atoms with van der Waals surface area (Å²) < 4.78 is 0. The van der Waals surface area contributed by atoms with Crippen LogP contribution in [-0.4, -0.2) is 5.91 Å². The lowest BCUT2D eigenvalue weighted by molar-refractivity contribution is -0.115. The number of hydrogen-bond acceptors (Lipinski definition) is 1. The van der Waals surface area contributed by atoms with Gasteiger partial charge in [-0.1, -0.05) is 14.9 Å². The van der Waals surface area contributed by atoms with E-state index in [2.05, 4.69) is 5.73 Å². The van der Waals surface area contributed by atoms with Crippen LogP contribution >= 0.6 is 0 Å². The minimum atomic E-state index is -0.333. The van der Waals surface area contributed by atoms with E-state index >= 15 is 0 Å². The second-order valence-electron chi connectivity index (χ2n) is 0.611. The lowest BCUT2D eigenvalue weighted by Crippen LogP contribution is -2.01. The van der Waals surface area contributed by atoms with Gasteiger partial charge in [-0.05, 0) is 0 Å². The van der Waals surface area contributed by atoms with Crippen LogP contribution in [0.15, 0.2) is 0 Å². The van der Waals surface area contributed by atoms with Crippen molar-refractivity contribution in [2.45, 2.75) is 21.8 Å². The molecule has 2 heteroatoms.